The van der Waals surface area contributed by atoms with Crippen molar-refractivity contribution in [2.24, 2.45) is 11.8 Å². The Morgan fingerprint density at radius 2 is 1.43 bits per heavy atom. The van der Waals surface area contributed by atoms with Gasteiger partial charge >= 0.3 is 0 Å². The summed E-state index contributed by atoms with van der Waals surface area (Å²) in [7, 11) is 0. The number of aryl methyl sites for hydroxylation is 1. The quantitative estimate of drug-likeness (QED) is 0.143. The number of halogens is 5. The highest BCUT2D eigenvalue weighted by Gasteiger charge is 2.21. The number of rotatable bonds is 6. The Kier molecular flexibility index (Phi) is 7.90. The van der Waals surface area contributed by atoms with Crippen LogP contribution >= 0.6 is 0 Å². The van der Waals surface area contributed by atoms with Crippen molar-refractivity contribution in [1.82, 2.24) is 0 Å². The third-order valence-electron chi connectivity index (χ3n) is 6.99. The van der Waals surface area contributed by atoms with Crippen LogP contribution in [0.5, 0.6) is 0 Å². The summed E-state index contributed by atoms with van der Waals surface area (Å²) in [6.45, 7) is 3.78. The molecule has 1 saturated carbocycles. The molecule has 3 aromatic carbocycles. The van der Waals surface area contributed by atoms with E-state index in [1.165, 1.54) is 49.6 Å². The molecule has 0 heterocycles. The van der Waals surface area contributed by atoms with Gasteiger partial charge in [-0.25, -0.2) is 22.0 Å². The van der Waals surface area contributed by atoms with Gasteiger partial charge in [0.1, 0.15) is 11.6 Å². The van der Waals surface area contributed by atoms with Crippen molar-refractivity contribution in [3.05, 3.63) is 94.8 Å². The summed E-state index contributed by atoms with van der Waals surface area (Å²) in [4.78, 5) is 0. The fourth-order valence-corrected chi connectivity index (χ4v) is 4.94. The summed E-state index contributed by atoms with van der Waals surface area (Å²) in [5.41, 5.74) is 0.556. The van der Waals surface area contributed by atoms with Crippen molar-refractivity contribution >= 4 is 10.8 Å². The predicted octanol–water partition coefficient (Wildman–Crippen LogP) is 8.64. The van der Waals surface area contributed by atoms with Crippen molar-refractivity contribution in [1.29, 1.82) is 0 Å². The monoisotopic (exact) mass is 482 g/mol. The van der Waals surface area contributed by atoms with Crippen LogP contribution < -0.4 is 0 Å². The molecule has 0 atom stereocenters. The second kappa shape index (κ2) is 11.1. The topological polar surface area (TPSA) is 0 Å². The predicted molar refractivity (Wildman–Crippen MR) is 129 cm³/mol. The smallest absolute Gasteiger partial charge is 0.195 e. The molecule has 0 saturated heterocycles. The molecular formula is C30H27F5. The number of fused-ring (bicyclic) bond motifs is 1. The number of benzene rings is 3. The Labute approximate surface area is 202 Å². The first-order chi connectivity index (χ1) is 16.9. The molecule has 182 valence electrons. The third kappa shape index (κ3) is 5.93. The minimum atomic E-state index is -1.54. The maximum atomic E-state index is 14.7. The van der Waals surface area contributed by atoms with Gasteiger partial charge in [0.2, 0.25) is 0 Å². The molecule has 0 aromatic heterocycles. The molecule has 0 bridgehead atoms. The van der Waals surface area contributed by atoms with Gasteiger partial charge in [-0.3, -0.25) is 0 Å². The Bertz CT molecular complexity index is 1270. The van der Waals surface area contributed by atoms with Gasteiger partial charge in [0, 0.05) is 10.9 Å². The van der Waals surface area contributed by atoms with Crippen LogP contribution in [-0.4, -0.2) is 0 Å². The molecule has 5 heteroatoms. The van der Waals surface area contributed by atoms with Gasteiger partial charge < -0.3 is 0 Å². The summed E-state index contributed by atoms with van der Waals surface area (Å²) in [5.74, 6) is 0.855. The van der Waals surface area contributed by atoms with Gasteiger partial charge in [0.15, 0.2) is 17.5 Å². The van der Waals surface area contributed by atoms with Crippen LogP contribution in [0.25, 0.3) is 10.8 Å². The summed E-state index contributed by atoms with van der Waals surface area (Å²) >= 11 is 0. The molecule has 0 aliphatic heterocycles. The SMILES string of the molecule is C=CCCC1CCC(CCc2cc(F)c(C#Cc3ccc4c(F)c(F)c(F)cc4c3)c(F)c2)CC1. The van der Waals surface area contributed by atoms with E-state index in [-0.39, 0.29) is 16.3 Å². The van der Waals surface area contributed by atoms with Crippen molar-refractivity contribution in [3.8, 4) is 11.8 Å². The van der Waals surface area contributed by atoms with Crippen LogP contribution in [0.2, 0.25) is 0 Å². The van der Waals surface area contributed by atoms with Gasteiger partial charge in [-0.2, -0.15) is 0 Å². The van der Waals surface area contributed by atoms with Crippen molar-refractivity contribution in [2.75, 3.05) is 0 Å². The highest BCUT2D eigenvalue weighted by molar-refractivity contribution is 5.84. The lowest BCUT2D eigenvalue weighted by Crippen LogP contribution is -2.15. The molecule has 0 spiro atoms. The fraction of sp³-hybridized carbons (Fsp3) is 0.333. The fourth-order valence-electron chi connectivity index (χ4n) is 4.94. The maximum absolute atomic E-state index is 14.7. The van der Waals surface area contributed by atoms with E-state index < -0.39 is 29.1 Å². The normalized spacial score (nSPS) is 17.7. The molecule has 3 aromatic rings. The van der Waals surface area contributed by atoms with E-state index in [0.29, 0.717) is 23.5 Å². The van der Waals surface area contributed by atoms with Crippen molar-refractivity contribution in [3.63, 3.8) is 0 Å². The first kappa shape index (κ1) is 25.0. The lowest BCUT2D eigenvalue weighted by atomic mass is 9.78. The number of hydrogen-bond acceptors (Lipinski definition) is 0. The minimum Gasteiger partial charge on any atom is -0.206 e. The van der Waals surface area contributed by atoms with Gasteiger partial charge in [-0.1, -0.05) is 49.7 Å². The molecule has 0 unspecified atom stereocenters. The lowest BCUT2D eigenvalue weighted by Gasteiger charge is -2.28. The van der Waals surface area contributed by atoms with Crippen LogP contribution in [0.4, 0.5) is 22.0 Å². The van der Waals surface area contributed by atoms with Crippen LogP contribution in [0.3, 0.4) is 0 Å². The summed E-state index contributed by atoms with van der Waals surface area (Å²) in [5, 5.41) is 0.0145. The van der Waals surface area contributed by atoms with Crippen LogP contribution in [0, 0.1) is 52.8 Å². The molecule has 1 aliphatic rings. The Balaban J connectivity index is 1.43. The molecule has 4 rings (SSSR count). The van der Waals surface area contributed by atoms with Crippen LogP contribution in [0.1, 0.15) is 61.6 Å². The Hall–Kier alpha value is -3.13. The third-order valence-corrected chi connectivity index (χ3v) is 6.99. The molecular weight excluding hydrogens is 455 g/mol. The van der Waals surface area contributed by atoms with Crippen molar-refractivity contribution in [2.45, 2.75) is 51.4 Å². The molecule has 0 N–H and O–H groups in total. The van der Waals surface area contributed by atoms with E-state index in [2.05, 4.69) is 18.4 Å². The Morgan fingerprint density at radius 3 is 2.09 bits per heavy atom. The van der Waals surface area contributed by atoms with Crippen molar-refractivity contribution < 1.29 is 22.0 Å². The highest BCUT2D eigenvalue weighted by atomic mass is 19.2. The van der Waals surface area contributed by atoms with E-state index in [9.17, 15) is 22.0 Å². The summed E-state index contributed by atoms with van der Waals surface area (Å²) in [6.07, 6.45) is 10.5. The zero-order valence-electron chi connectivity index (χ0n) is 19.4. The van der Waals surface area contributed by atoms with E-state index in [1.807, 2.05) is 6.08 Å². The van der Waals surface area contributed by atoms with Gasteiger partial charge in [0.05, 0.1) is 5.56 Å². The zero-order valence-corrected chi connectivity index (χ0v) is 19.4. The largest absolute Gasteiger partial charge is 0.206 e. The van der Waals surface area contributed by atoms with Crippen LogP contribution in [-0.2, 0) is 6.42 Å². The highest BCUT2D eigenvalue weighted by Crippen LogP contribution is 2.34. The van der Waals surface area contributed by atoms with Crippen LogP contribution in [0.15, 0.2) is 49.1 Å². The summed E-state index contributed by atoms with van der Waals surface area (Å²) < 4.78 is 70.1. The average molecular weight is 483 g/mol. The lowest BCUT2D eigenvalue weighted by molar-refractivity contribution is 0.254. The Morgan fingerprint density at radius 1 is 0.771 bits per heavy atom. The van der Waals surface area contributed by atoms with E-state index in [4.69, 9.17) is 0 Å². The minimum absolute atomic E-state index is 0.0959. The standard InChI is InChI=1S/C30H27F5/c1-2-3-4-19-5-7-20(8-6-19)9-10-22-16-26(31)25(27(32)17-22)14-12-21-11-13-24-23(15-21)18-28(33)30(35)29(24)34/h2,11,13,15-20H,1,3-10H2. The summed E-state index contributed by atoms with van der Waals surface area (Å²) in [6, 6.07) is 7.53. The molecule has 0 nitrogen and oxygen atoms in total. The van der Waals surface area contributed by atoms with Gasteiger partial charge in [-0.15, -0.1) is 6.58 Å². The maximum Gasteiger partial charge on any atom is 0.195 e. The van der Waals surface area contributed by atoms with E-state index >= 15 is 0 Å². The number of allylic oxidation sites excluding steroid dienone is 1. The first-order valence-corrected chi connectivity index (χ1v) is 12.0. The van der Waals surface area contributed by atoms with Gasteiger partial charge in [-0.05, 0) is 78.8 Å². The molecule has 35 heavy (non-hydrogen) atoms. The zero-order chi connectivity index (χ0) is 24.9. The van der Waals surface area contributed by atoms with Gasteiger partial charge in [0.25, 0.3) is 0 Å². The molecule has 1 aliphatic carbocycles. The second-order valence-corrected chi connectivity index (χ2v) is 9.40. The van der Waals surface area contributed by atoms with E-state index in [0.717, 1.165) is 37.7 Å². The second-order valence-electron chi connectivity index (χ2n) is 9.40. The number of hydrogen-bond donors (Lipinski definition) is 0. The first-order valence-electron chi connectivity index (χ1n) is 12.0. The molecule has 0 radical (unpaired) electrons. The average Bonchev–Trinajstić information content (AvgIpc) is 2.85. The molecule has 1 fully saturated rings. The molecule has 0 amide bonds. The van der Waals surface area contributed by atoms with E-state index in [1.54, 1.807) is 0 Å².